The first-order valence-corrected chi connectivity index (χ1v) is 7.37. The molecule has 0 aromatic carbocycles. The Morgan fingerprint density at radius 3 is 2.74 bits per heavy atom. The number of fused-ring (bicyclic) bond motifs is 3. The summed E-state index contributed by atoms with van der Waals surface area (Å²) in [6, 6.07) is -0.383. The summed E-state index contributed by atoms with van der Waals surface area (Å²) in [5.74, 6) is -3.06. The molecule has 0 amide bonds. The lowest BCUT2D eigenvalue weighted by molar-refractivity contribution is 0.217. The third-order valence-electron chi connectivity index (χ3n) is 4.70. The van der Waals surface area contributed by atoms with Crippen LogP contribution in [0.25, 0.3) is 11.0 Å². The number of hydrogen-bond acceptors (Lipinski definition) is 4. The molecule has 2 aromatic rings. The van der Waals surface area contributed by atoms with Gasteiger partial charge in [0.05, 0.1) is 17.9 Å². The van der Waals surface area contributed by atoms with Crippen molar-refractivity contribution in [2.45, 2.75) is 25.4 Å². The fourth-order valence-corrected chi connectivity index (χ4v) is 3.50. The fraction of sp³-hybridized carbons (Fsp3) is 0.400. The number of allylic oxidation sites excluding steroid dienone is 4. The zero-order valence-corrected chi connectivity index (χ0v) is 12.1. The smallest absolute Gasteiger partial charge is 0.157 e. The average Bonchev–Trinajstić information content (AvgIpc) is 2.88. The lowest BCUT2D eigenvalue weighted by Crippen LogP contribution is -2.44. The molecule has 4 rings (SSSR count). The highest BCUT2D eigenvalue weighted by Crippen LogP contribution is 2.40. The second-order valence-corrected chi connectivity index (χ2v) is 6.02. The molecule has 3 heterocycles. The molecule has 0 bridgehead atoms. The summed E-state index contributed by atoms with van der Waals surface area (Å²) < 4.78 is 42.8. The summed E-state index contributed by atoms with van der Waals surface area (Å²) in [4.78, 5) is 4.47. The van der Waals surface area contributed by atoms with Crippen molar-refractivity contribution in [1.29, 1.82) is 0 Å². The van der Waals surface area contributed by atoms with Gasteiger partial charge in [0.25, 0.3) is 0 Å². The molecule has 0 saturated heterocycles. The lowest BCUT2D eigenvalue weighted by Gasteiger charge is -2.35. The zero-order chi connectivity index (χ0) is 16.1. The molecule has 23 heavy (non-hydrogen) atoms. The van der Waals surface area contributed by atoms with Gasteiger partial charge in [-0.15, -0.1) is 0 Å². The van der Waals surface area contributed by atoms with Gasteiger partial charge in [-0.25, -0.2) is 18.2 Å². The third-order valence-corrected chi connectivity index (χ3v) is 4.70. The van der Waals surface area contributed by atoms with Crippen molar-refractivity contribution in [1.82, 2.24) is 19.7 Å². The van der Waals surface area contributed by atoms with Crippen molar-refractivity contribution in [2.75, 3.05) is 0 Å². The van der Waals surface area contributed by atoms with Gasteiger partial charge in [0.1, 0.15) is 23.0 Å². The van der Waals surface area contributed by atoms with E-state index >= 15 is 0 Å². The van der Waals surface area contributed by atoms with Gasteiger partial charge in [0.2, 0.25) is 0 Å². The Labute approximate surface area is 129 Å². The summed E-state index contributed by atoms with van der Waals surface area (Å²) in [6.07, 6.45) is 3.89. The summed E-state index contributed by atoms with van der Waals surface area (Å²) in [7, 11) is 0. The van der Waals surface area contributed by atoms with Crippen molar-refractivity contribution in [3.8, 4) is 0 Å². The van der Waals surface area contributed by atoms with Gasteiger partial charge in [-0.1, -0.05) is 0 Å². The van der Waals surface area contributed by atoms with Gasteiger partial charge < -0.3 is 10.3 Å². The Morgan fingerprint density at radius 1 is 1.13 bits per heavy atom. The van der Waals surface area contributed by atoms with E-state index in [1.54, 1.807) is 12.4 Å². The Hall–Kier alpha value is -2.22. The third kappa shape index (κ3) is 2.24. The highest BCUT2D eigenvalue weighted by atomic mass is 19.2. The Bertz CT molecular complexity index is 841. The van der Waals surface area contributed by atoms with E-state index in [-0.39, 0.29) is 18.4 Å². The second kappa shape index (κ2) is 5.16. The van der Waals surface area contributed by atoms with E-state index in [9.17, 15) is 13.2 Å². The van der Waals surface area contributed by atoms with Gasteiger partial charge in [-0.05, 0) is 5.92 Å². The molecular formula is C15H14F3N5. The number of nitrogens with two attached hydrogens (primary N) is 1. The van der Waals surface area contributed by atoms with Gasteiger partial charge in [-0.3, -0.25) is 0 Å². The molecule has 120 valence electrons. The highest BCUT2D eigenvalue weighted by Gasteiger charge is 2.38. The summed E-state index contributed by atoms with van der Waals surface area (Å²) in [5.41, 5.74) is 7.72. The minimum atomic E-state index is -1.13. The first-order chi connectivity index (χ1) is 11.0. The van der Waals surface area contributed by atoms with Crippen molar-refractivity contribution in [3.63, 3.8) is 0 Å². The fourth-order valence-electron chi connectivity index (χ4n) is 3.50. The van der Waals surface area contributed by atoms with Crippen LogP contribution >= 0.6 is 0 Å². The average molecular weight is 321 g/mol. The molecule has 8 heteroatoms. The van der Waals surface area contributed by atoms with Crippen LogP contribution in [0.5, 0.6) is 0 Å². The minimum absolute atomic E-state index is 0.296. The van der Waals surface area contributed by atoms with Gasteiger partial charge in [0, 0.05) is 37.4 Å². The largest absolute Gasteiger partial charge is 0.326 e. The molecule has 0 fully saturated rings. The molecule has 2 unspecified atom stereocenters. The highest BCUT2D eigenvalue weighted by molar-refractivity contribution is 5.73. The van der Waals surface area contributed by atoms with Crippen molar-refractivity contribution >= 4 is 11.0 Å². The SMILES string of the molecule is NC1Cn2c(nc3cnncc32)C[C@@H]1C1CC(F)=C(F)C=C1F. The molecule has 0 saturated carbocycles. The van der Waals surface area contributed by atoms with E-state index in [0.717, 1.165) is 11.3 Å². The summed E-state index contributed by atoms with van der Waals surface area (Å²) >= 11 is 0. The molecule has 2 N–H and O–H groups in total. The van der Waals surface area contributed by atoms with E-state index in [1.807, 2.05) is 4.57 Å². The predicted molar refractivity (Wildman–Crippen MR) is 77.0 cm³/mol. The topological polar surface area (TPSA) is 69.6 Å². The van der Waals surface area contributed by atoms with Crippen LogP contribution in [-0.2, 0) is 13.0 Å². The van der Waals surface area contributed by atoms with E-state index < -0.39 is 23.4 Å². The maximum atomic E-state index is 14.1. The van der Waals surface area contributed by atoms with Gasteiger partial charge in [0.15, 0.2) is 5.83 Å². The molecule has 2 aromatic heterocycles. The number of rotatable bonds is 1. The van der Waals surface area contributed by atoms with E-state index in [2.05, 4.69) is 15.2 Å². The quantitative estimate of drug-likeness (QED) is 0.875. The monoisotopic (exact) mass is 321 g/mol. The van der Waals surface area contributed by atoms with Crippen LogP contribution < -0.4 is 5.73 Å². The van der Waals surface area contributed by atoms with E-state index in [0.29, 0.717) is 24.6 Å². The van der Waals surface area contributed by atoms with Crippen LogP contribution in [-0.4, -0.2) is 25.8 Å². The number of nitrogens with zero attached hydrogens (tertiary/aromatic N) is 4. The normalized spacial score (nSPS) is 28.0. The van der Waals surface area contributed by atoms with Crippen molar-refractivity contribution in [2.24, 2.45) is 17.6 Å². The standard InChI is InChI=1S/C15H14F3N5/c16-9-3-11(18)10(17)1-7(9)8-2-15-22-13-4-20-21-5-14(13)23(15)6-12(8)19/h3-5,7-8,12H,1-2,6,19H2/t7?,8-,12?/m1/s1. The van der Waals surface area contributed by atoms with Crippen LogP contribution in [0, 0.1) is 11.8 Å². The lowest BCUT2D eigenvalue weighted by atomic mass is 9.77. The maximum absolute atomic E-state index is 14.1. The first kappa shape index (κ1) is 14.4. The molecule has 1 aliphatic heterocycles. The predicted octanol–water partition coefficient (Wildman–Crippen LogP) is 2.35. The molecular weight excluding hydrogens is 307 g/mol. The molecule has 1 aliphatic carbocycles. The number of halogens is 3. The van der Waals surface area contributed by atoms with Gasteiger partial charge >= 0.3 is 0 Å². The molecule has 3 atom stereocenters. The van der Waals surface area contributed by atoms with Gasteiger partial charge in [-0.2, -0.15) is 10.2 Å². The molecule has 0 spiro atoms. The molecule has 2 aliphatic rings. The van der Waals surface area contributed by atoms with E-state index in [4.69, 9.17) is 5.73 Å². The zero-order valence-electron chi connectivity index (χ0n) is 12.1. The second-order valence-electron chi connectivity index (χ2n) is 6.02. The van der Waals surface area contributed by atoms with Crippen LogP contribution in [0.1, 0.15) is 12.2 Å². The number of imidazole rings is 1. The van der Waals surface area contributed by atoms with Crippen LogP contribution in [0.4, 0.5) is 13.2 Å². The Balaban J connectivity index is 1.69. The van der Waals surface area contributed by atoms with Crippen LogP contribution in [0.15, 0.2) is 36.0 Å². The van der Waals surface area contributed by atoms with E-state index in [1.165, 1.54) is 0 Å². The van der Waals surface area contributed by atoms with Crippen molar-refractivity contribution < 1.29 is 13.2 Å². The van der Waals surface area contributed by atoms with Crippen molar-refractivity contribution in [3.05, 3.63) is 41.8 Å². The first-order valence-electron chi connectivity index (χ1n) is 7.37. The minimum Gasteiger partial charge on any atom is -0.326 e. The Morgan fingerprint density at radius 2 is 1.91 bits per heavy atom. The number of aromatic nitrogens is 4. The van der Waals surface area contributed by atoms with Crippen LogP contribution in [0.2, 0.25) is 0 Å². The molecule has 0 radical (unpaired) electrons. The maximum Gasteiger partial charge on any atom is 0.157 e. The summed E-state index contributed by atoms with van der Waals surface area (Å²) in [6.45, 7) is 0.430. The summed E-state index contributed by atoms with van der Waals surface area (Å²) in [5, 5.41) is 7.63. The van der Waals surface area contributed by atoms with Crippen LogP contribution in [0.3, 0.4) is 0 Å². The molecule has 5 nitrogen and oxygen atoms in total. The number of hydrogen-bond donors (Lipinski definition) is 1. The Kier molecular flexibility index (Phi) is 3.22.